The van der Waals surface area contributed by atoms with Gasteiger partial charge in [-0.2, -0.15) is 0 Å². The molecule has 3 aromatic carbocycles. The molecule has 41 heavy (non-hydrogen) atoms. The van der Waals surface area contributed by atoms with E-state index in [1.165, 1.54) is 0 Å². The third-order valence-electron chi connectivity index (χ3n) is 6.73. The summed E-state index contributed by atoms with van der Waals surface area (Å²) in [4.78, 5) is 37.7. The largest absolute Gasteiger partial charge is 0.458 e. The van der Waals surface area contributed by atoms with E-state index in [9.17, 15) is 14.4 Å². The van der Waals surface area contributed by atoms with Crippen molar-refractivity contribution >= 4 is 18.2 Å². The van der Waals surface area contributed by atoms with E-state index in [0.29, 0.717) is 25.8 Å². The Bertz CT molecular complexity index is 1290. The third kappa shape index (κ3) is 8.58. The van der Waals surface area contributed by atoms with Gasteiger partial charge >= 0.3 is 18.2 Å². The van der Waals surface area contributed by atoms with Crippen molar-refractivity contribution < 1.29 is 28.6 Å². The van der Waals surface area contributed by atoms with E-state index in [0.717, 1.165) is 27.8 Å². The molecule has 0 saturated heterocycles. The molecule has 3 aromatic rings. The Kier molecular flexibility index (Phi) is 10.0. The maximum absolute atomic E-state index is 12.9. The fourth-order valence-corrected chi connectivity index (χ4v) is 4.84. The molecule has 0 spiro atoms. The van der Waals surface area contributed by atoms with E-state index in [1.807, 2.05) is 54.6 Å². The molecule has 8 nitrogen and oxygen atoms in total. The highest BCUT2D eigenvalue weighted by Crippen LogP contribution is 2.44. The number of hydrogen-bond acceptors (Lipinski definition) is 6. The molecule has 0 bridgehead atoms. The average Bonchev–Trinajstić information content (AvgIpc) is 3.27. The quantitative estimate of drug-likeness (QED) is 0.162. The standard InChI is InChI=1S/C33H38N2O6/c1-33(2,3)41-30(36)29(19-11-12-20-34-31(37)39-21-23-13-5-4-6-14-23)35-32(38)40-22-28-26-17-9-7-15-24(26)25-16-8-10-18-27(25)28/h4-10,13-18,28-29H,11-12,19-22H2,1-3H3,(H,34,37)(H,35,38)/t29-/m0/s1. The van der Waals surface area contributed by atoms with Gasteiger partial charge in [0.15, 0.2) is 0 Å². The van der Waals surface area contributed by atoms with Gasteiger partial charge in [0.1, 0.15) is 24.9 Å². The molecule has 216 valence electrons. The molecular formula is C33H38N2O6. The molecule has 0 unspecified atom stereocenters. The van der Waals surface area contributed by atoms with Crippen molar-refractivity contribution in [3.63, 3.8) is 0 Å². The van der Waals surface area contributed by atoms with Crippen molar-refractivity contribution in [2.75, 3.05) is 13.2 Å². The van der Waals surface area contributed by atoms with Crippen LogP contribution in [0.4, 0.5) is 9.59 Å². The van der Waals surface area contributed by atoms with E-state index >= 15 is 0 Å². The second kappa shape index (κ2) is 13.8. The van der Waals surface area contributed by atoms with Gasteiger partial charge in [-0.3, -0.25) is 0 Å². The lowest BCUT2D eigenvalue weighted by Crippen LogP contribution is -2.44. The molecule has 0 radical (unpaired) electrons. The van der Waals surface area contributed by atoms with Crippen LogP contribution in [-0.4, -0.2) is 43.0 Å². The van der Waals surface area contributed by atoms with Crippen LogP contribution in [0.5, 0.6) is 0 Å². The number of nitrogens with one attached hydrogen (secondary N) is 2. The topological polar surface area (TPSA) is 103 Å². The van der Waals surface area contributed by atoms with Gasteiger partial charge in [0.25, 0.3) is 0 Å². The van der Waals surface area contributed by atoms with E-state index in [4.69, 9.17) is 14.2 Å². The summed E-state index contributed by atoms with van der Waals surface area (Å²) >= 11 is 0. The molecule has 0 saturated carbocycles. The summed E-state index contributed by atoms with van der Waals surface area (Å²) in [6.45, 7) is 6.05. The summed E-state index contributed by atoms with van der Waals surface area (Å²) < 4.78 is 16.4. The number of unbranched alkanes of at least 4 members (excludes halogenated alkanes) is 1. The Balaban J connectivity index is 1.26. The van der Waals surface area contributed by atoms with Crippen LogP contribution in [0.25, 0.3) is 11.1 Å². The minimum Gasteiger partial charge on any atom is -0.458 e. The number of ether oxygens (including phenoxy) is 3. The van der Waals surface area contributed by atoms with Gasteiger partial charge in [-0.15, -0.1) is 0 Å². The summed E-state index contributed by atoms with van der Waals surface area (Å²) in [6, 6.07) is 24.8. The highest BCUT2D eigenvalue weighted by atomic mass is 16.6. The first kappa shape index (κ1) is 29.6. The van der Waals surface area contributed by atoms with Crippen LogP contribution in [0.15, 0.2) is 78.9 Å². The number of esters is 1. The lowest BCUT2D eigenvalue weighted by atomic mass is 9.98. The van der Waals surface area contributed by atoms with Crippen molar-refractivity contribution in [1.29, 1.82) is 0 Å². The monoisotopic (exact) mass is 558 g/mol. The highest BCUT2D eigenvalue weighted by molar-refractivity contribution is 5.82. The maximum Gasteiger partial charge on any atom is 0.407 e. The molecule has 2 N–H and O–H groups in total. The molecule has 4 rings (SSSR count). The number of fused-ring (bicyclic) bond motifs is 3. The number of alkyl carbamates (subject to hydrolysis) is 2. The molecule has 1 aliphatic rings. The van der Waals surface area contributed by atoms with Gasteiger partial charge in [0.05, 0.1) is 0 Å². The van der Waals surface area contributed by atoms with Gasteiger partial charge in [0, 0.05) is 12.5 Å². The molecule has 1 aliphatic carbocycles. The predicted octanol–water partition coefficient (Wildman–Crippen LogP) is 6.33. The molecule has 0 heterocycles. The number of rotatable bonds is 11. The fourth-order valence-electron chi connectivity index (χ4n) is 4.84. The van der Waals surface area contributed by atoms with Crippen molar-refractivity contribution in [2.45, 2.75) is 64.2 Å². The molecule has 2 amide bonds. The Labute approximate surface area is 241 Å². The summed E-state index contributed by atoms with van der Waals surface area (Å²) in [5, 5.41) is 5.42. The Morgan fingerprint density at radius 1 is 0.780 bits per heavy atom. The van der Waals surface area contributed by atoms with Crippen molar-refractivity contribution in [3.8, 4) is 11.1 Å². The van der Waals surface area contributed by atoms with Crippen LogP contribution < -0.4 is 10.6 Å². The van der Waals surface area contributed by atoms with Gasteiger partial charge in [0.2, 0.25) is 0 Å². The summed E-state index contributed by atoms with van der Waals surface area (Å²) in [7, 11) is 0. The van der Waals surface area contributed by atoms with Gasteiger partial charge in [-0.25, -0.2) is 14.4 Å². The summed E-state index contributed by atoms with van der Waals surface area (Å²) in [6.07, 6.45) is 0.304. The van der Waals surface area contributed by atoms with Crippen LogP contribution >= 0.6 is 0 Å². The number of carbonyl (C=O) groups excluding carboxylic acids is 3. The number of carbonyl (C=O) groups is 3. The van der Waals surface area contributed by atoms with Crippen LogP contribution in [0, 0.1) is 0 Å². The minimum atomic E-state index is -0.880. The zero-order valence-corrected chi connectivity index (χ0v) is 23.9. The predicted molar refractivity (Wildman–Crippen MR) is 156 cm³/mol. The van der Waals surface area contributed by atoms with Crippen molar-refractivity contribution in [3.05, 3.63) is 95.6 Å². The molecule has 0 aromatic heterocycles. The molecule has 0 aliphatic heterocycles. The van der Waals surface area contributed by atoms with Crippen LogP contribution in [0.1, 0.15) is 62.6 Å². The maximum atomic E-state index is 12.9. The van der Waals surface area contributed by atoms with Crippen molar-refractivity contribution in [2.24, 2.45) is 0 Å². The highest BCUT2D eigenvalue weighted by Gasteiger charge is 2.31. The van der Waals surface area contributed by atoms with Gasteiger partial charge in [-0.05, 0) is 67.9 Å². The van der Waals surface area contributed by atoms with Gasteiger partial charge in [-0.1, -0.05) is 78.9 Å². The molecule has 0 fully saturated rings. The fraction of sp³-hybridized carbons (Fsp3) is 0.364. The lowest BCUT2D eigenvalue weighted by Gasteiger charge is -2.24. The molecule has 1 atom stereocenters. The van der Waals surface area contributed by atoms with Gasteiger partial charge < -0.3 is 24.8 Å². The first-order valence-electron chi connectivity index (χ1n) is 14.0. The lowest BCUT2D eigenvalue weighted by molar-refractivity contribution is -0.157. The third-order valence-corrected chi connectivity index (χ3v) is 6.73. The van der Waals surface area contributed by atoms with Crippen LogP contribution in [0.2, 0.25) is 0 Å². The van der Waals surface area contributed by atoms with Crippen LogP contribution in [-0.2, 0) is 25.6 Å². The Hall–Kier alpha value is -4.33. The number of benzene rings is 3. The minimum absolute atomic E-state index is 0.0825. The summed E-state index contributed by atoms with van der Waals surface area (Å²) in [5.74, 6) is -0.609. The zero-order valence-electron chi connectivity index (χ0n) is 23.9. The zero-order chi connectivity index (χ0) is 29.2. The van der Waals surface area contributed by atoms with Crippen LogP contribution in [0.3, 0.4) is 0 Å². The second-order valence-corrected chi connectivity index (χ2v) is 11.0. The number of hydrogen-bond donors (Lipinski definition) is 2. The van der Waals surface area contributed by atoms with Crippen molar-refractivity contribution in [1.82, 2.24) is 10.6 Å². The average molecular weight is 559 g/mol. The number of amides is 2. The second-order valence-electron chi connectivity index (χ2n) is 11.0. The Morgan fingerprint density at radius 2 is 1.39 bits per heavy atom. The van der Waals surface area contributed by atoms with E-state index < -0.39 is 29.8 Å². The normalized spacial score (nSPS) is 13.0. The summed E-state index contributed by atoms with van der Waals surface area (Å²) in [5.41, 5.74) is 4.70. The molecular weight excluding hydrogens is 520 g/mol. The SMILES string of the molecule is CC(C)(C)OC(=O)[C@H](CCCCNC(=O)OCc1ccccc1)NC(=O)OCC1c2ccccc2-c2ccccc21. The first-order valence-corrected chi connectivity index (χ1v) is 14.0. The van der Waals surface area contributed by atoms with E-state index in [2.05, 4.69) is 34.9 Å². The Morgan fingerprint density at radius 3 is 2.02 bits per heavy atom. The van der Waals surface area contributed by atoms with E-state index in [1.54, 1.807) is 20.8 Å². The first-order chi connectivity index (χ1) is 19.7. The van der Waals surface area contributed by atoms with E-state index in [-0.39, 0.29) is 19.1 Å². The smallest absolute Gasteiger partial charge is 0.407 e. The molecule has 8 heteroatoms.